The highest BCUT2D eigenvalue weighted by Crippen LogP contribution is 2.26. The van der Waals surface area contributed by atoms with Crippen molar-refractivity contribution in [1.29, 1.82) is 0 Å². The van der Waals surface area contributed by atoms with E-state index in [1.165, 1.54) is 6.20 Å². The van der Waals surface area contributed by atoms with Crippen molar-refractivity contribution in [2.75, 3.05) is 11.9 Å². The number of nitrogens with zero attached hydrogens (tertiary/aromatic N) is 1. The second-order valence-corrected chi connectivity index (χ2v) is 5.43. The van der Waals surface area contributed by atoms with Gasteiger partial charge in [0, 0.05) is 6.20 Å². The van der Waals surface area contributed by atoms with Gasteiger partial charge in [-0.25, -0.2) is 24.0 Å². The van der Waals surface area contributed by atoms with E-state index in [-0.39, 0.29) is 11.4 Å². The first-order valence-corrected chi connectivity index (χ1v) is 7.32. The summed E-state index contributed by atoms with van der Waals surface area (Å²) in [4.78, 5) is 31.1. The van der Waals surface area contributed by atoms with Gasteiger partial charge in [0.2, 0.25) is 0 Å². The predicted octanol–water partition coefficient (Wildman–Crippen LogP) is 1.26. The number of benzene rings is 1. The molecule has 0 spiro atoms. The molecule has 2 aromatic rings. The molecule has 0 saturated carbocycles. The van der Waals surface area contributed by atoms with E-state index < -0.39 is 41.3 Å². The molecule has 1 aromatic heterocycles. The minimum atomic E-state index is -1.38. The maximum absolute atomic E-state index is 14.4. The topological polar surface area (TPSA) is 101 Å². The lowest BCUT2D eigenvalue weighted by Crippen LogP contribution is -2.29. The molecular formula is C16H14BF2N3O4. The number of hydrogen-bond donors (Lipinski definition) is 3. The molecule has 0 aliphatic rings. The molecule has 0 unspecified atom stereocenters. The summed E-state index contributed by atoms with van der Waals surface area (Å²) in [6, 6.07) is 2.67. The van der Waals surface area contributed by atoms with Gasteiger partial charge in [-0.15, -0.1) is 0 Å². The number of carbonyl (C=O) groups is 2. The summed E-state index contributed by atoms with van der Waals surface area (Å²) in [6.45, 7) is 2.70. The molecule has 1 heterocycles. The van der Waals surface area contributed by atoms with Crippen LogP contribution in [0.25, 0.3) is 0 Å². The van der Waals surface area contributed by atoms with Crippen LogP contribution < -0.4 is 16.3 Å². The molecule has 10 heteroatoms. The van der Waals surface area contributed by atoms with E-state index in [0.29, 0.717) is 5.56 Å². The first-order chi connectivity index (χ1) is 12.2. The minimum Gasteiger partial charge on any atom is -0.479 e. The standard InChI is InChI=1S/C16H14BF2N3O4/c1-7-3-8(2)15(20-5-7)21-14-9(4-10(17)12(18)13(14)19)16(25)22-26-6-11(23)24/h3-5H,6H2,1-2H3,(H,20,21)(H,22,25)(H,23,24). The largest absolute Gasteiger partial charge is 0.479 e. The maximum atomic E-state index is 14.4. The third kappa shape index (κ3) is 4.34. The maximum Gasteiger partial charge on any atom is 0.332 e. The fourth-order valence-electron chi connectivity index (χ4n) is 2.13. The van der Waals surface area contributed by atoms with Crippen molar-refractivity contribution in [2.45, 2.75) is 13.8 Å². The number of aromatic nitrogens is 1. The van der Waals surface area contributed by atoms with Crippen LogP contribution in [0, 0.1) is 25.5 Å². The van der Waals surface area contributed by atoms with Gasteiger partial charge in [-0.2, -0.15) is 0 Å². The van der Waals surface area contributed by atoms with E-state index >= 15 is 0 Å². The zero-order chi connectivity index (χ0) is 19.4. The van der Waals surface area contributed by atoms with E-state index in [4.69, 9.17) is 13.0 Å². The van der Waals surface area contributed by atoms with Gasteiger partial charge in [-0.3, -0.25) is 9.63 Å². The van der Waals surface area contributed by atoms with Crippen LogP contribution in [-0.2, 0) is 9.63 Å². The number of aryl methyl sites for hydroxylation is 2. The lowest BCUT2D eigenvalue weighted by atomic mass is 9.92. The Morgan fingerprint density at radius 2 is 1.96 bits per heavy atom. The summed E-state index contributed by atoms with van der Waals surface area (Å²) in [7, 11) is 5.37. The summed E-state index contributed by atoms with van der Waals surface area (Å²) in [5.74, 6) is -4.84. The van der Waals surface area contributed by atoms with Crippen molar-refractivity contribution in [1.82, 2.24) is 10.5 Å². The fourth-order valence-corrected chi connectivity index (χ4v) is 2.13. The molecule has 0 aliphatic heterocycles. The number of hydrogen-bond acceptors (Lipinski definition) is 5. The van der Waals surface area contributed by atoms with Gasteiger partial charge in [-0.05, 0) is 25.0 Å². The highest BCUT2D eigenvalue weighted by atomic mass is 19.2. The van der Waals surface area contributed by atoms with Crippen LogP contribution in [0.15, 0.2) is 18.3 Å². The Hall–Kier alpha value is -3.01. The SMILES string of the molecule is [B]c1cc(C(=O)NOCC(=O)O)c(Nc2ncc(C)cc2C)c(F)c1F. The molecule has 0 aliphatic carbocycles. The van der Waals surface area contributed by atoms with Crippen LogP contribution in [-0.4, -0.2) is 36.4 Å². The second-order valence-electron chi connectivity index (χ2n) is 5.43. The third-order valence-electron chi connectivity index (χ3n) is 3.30. The summed E-state index contributed by atoms with van der Waals surface area (Å²) in [5, 5.41) is 11.1. The number of carboxylic acids is 1. The zero-order valence-electron chi connectivity index (χ0n) is 13.9. The number of pyridine rings is 1. The number of carbonyl (C=O) groups excluding carboxylic acids is 1. The molecule has 2 rings (SSSR count). The lowest BCUT2D eigenvalue weighted by Gasteiger charge is -2.16. The average Bonchev–Trinajstić information content (AvgIpc) is 2.56. The number of amides is 1. The molecule has 7 nitrogen and oxygen atoms in total. The van der Waals surface area contributed by atoms with Gasteiger partial charge in [-0.1, -0.05) is 17.6 Å². The van der Waals surface area contributed by atoms with Crippen LogP contribution in [0.5, 0.6) is 0 Å². The van der Waals surface area contributed by atoms with Crippen LogP contribution >= 0.6 is 0 Å². The molecule has 0 bridgehead atoms. The average molecular weight is 361 g/mol. The van der Waals surface area contributed by atoms with E-state index in [2.05, 4.69) is 15.1 Å². The van der Waals surface area contributed by atoms with E-state index in [1.807, 2.05) is 12.4 Å². The normalized spacial score (nSPS) is 10.5. The molecule has 0 atom stereocenters. The van der Waals surface area contributed by atoms with Crippen LogP contribution in [0.3, 0.4) is 0 Å². The second kappa shape index (κ2) is 7.92. The van der Waals surface area contributed by atoms with Gasteiger partial charge < -0.3 is 10.4 Å². The van der Waals surface area contributed by atoms with Crippen molar-refractivity contribution >= 4 is 36.7 Å². The van der Waals surface area contributed by atoms with Gasteiger partial charge >= 0.3 is 5.97 Å². The molecule has 26 heavy (non-hydrogen) atoms. The summed E-state index contributed by atoms with van der Waals surface area (Å²) >= 11 is 0. The first kappa shape index (κ1) is 19.3. The summed E-state index contributed by atoms with van der Waals surface area (Å²) in [6.07, 6.45) is 1.51. The number of hydroxylamine groups is 1. The van der Waals surface area contributed by atoms with Crippen LogP contribution in [0.4, 0.5) is 20.3 Å². The Kier molecular flexibility index (Phi) is 5.88. The fraction of sp³-hybridized carbons (Fsp3) is 0.188. The zero-order valence-corrected chi connectivity index (χ0v) is 13.9. The number of halogens is 2. The number of aliphatic carboxylic acids is 1. The Morgan fingerprint density at radius 3 is 2.58 bits per heavy atom. The number of nitrogens with one attached hydrogen (secondary N) is 2. The number of anilines is 2. The molecule has 1 amide bonds. The molecule has 0 saturated heterocycles. The minimum absolute atomic E-state index is 0.208. The summed E-state index contributed by atoms with van der Waals surface area (Å²) in [5.41, 5.74) is 1.84. The first-order valence-electron chi connectivity index (χ1n) is 7.32. The van der Waals surface area contributed by atoms with Crippen LogP contribution in [0.1, 0.15) is 21.5 Å². The van der Waals surface area contributed by atoms with Crippen molar-refractivity contribution in [3.63, 3.8) is 0 Å². The van der Waals surface area contributed by atoms with E-state index in [9.17, 15) is 18.4 Å². The lowest BCUT2D eigenvalue weighted by molar-refractivity contribution is -0.144. The number of carboxylic acid groups (broad SMARTS) is 1. The molecule has 2 radical (unpaired) electrons. The number of rotatable bonds is 6. The Morgan fingerprint density at radius 1 is 1.27 bits per heavy atom. The van der Waals surface area contributed by atoms with Gasteiger partial charge in [0.15, 0.2) is 18.2 Å². The van der Waals surface area contributed by atoms with Gasteiger partial charge in [0.25, 0.3) is 5.91 Å². The predicted molar refractivity (Wildman–Crippen MR) is 89.8 cm³/mol. The molecule has 3 N–H and O–H groups in total. The van der Waals surface area contributed by atoms with Crippen molar-refractivity contribution in [2.24, 2.45) is 0 Å². The quantitative estimate of drug-likeness (QED) is 0.529. The molecule has 134 valence electrons. The monoisotopic (exact) mass is 361 g/mol. The molecular weight excluding hydrogens is 347 g/mol. The van der Waals surface area contributed by atoms with Crippen LogP contribution in [0.2, 0.25) is 0 Å². The molecule has 0 fully saturated rings. The van der Waals surface area contributed by atoms with Gasteiger partial charge in [0.1, 0.15) is 13.7 Å². The smallest absolute Gasteiger partial charge is 0.332 e. The highest BCUT2D eigenvalue weighted by Gasteiger charge is 2.22. The van der Waals surface area contributed by atoms with Gasteiger partial charge in [0.05, 0.1) is 11.3 Å². The van der Waals surface area contributed by atoms with E-state index in [0.717, 1.165) is 11.6 Å². The van der Waals surface area contributed by atoms with Crippen molar-refractivity contribution in [3.8, 4) is 0 Å². The Balaban J connectivity index is 2.41. The Labute approximate surface area is 148 Å². The third-order valence-corrected chi connectivity index (χ3v) is 3.30. The van der Waals surface area contributed by atoms with Crippen molar-refractivity contribution < 1.29 is 28.3 Å². The molecule has 1 aromatic carbocycles. The highest BCUT2D eigenvalue weighted by molar-refractivity contribution is 6.33. The summed E-state index contributed by atoms with van der Waals surface area (Å²) < 4.78 is 28.2. The van der Waals surface area contributed by atoms with Crippen molar-refractivity contribution in [3.05, 3.63) is 46.7 Å². The Bertz CT molecular complexity index is 877. The van der Waals surface area contributed by atoms with E-state index in [1.54, 1.807) is 13.0 Å².